The van der Waals surface area contributed by atoms with Gasteiger partial charge in [-0.25, -0.2) is 0 Å². The lowest BCUT2D eigenvalue weighted by atomic mass is 10.1. The van der Waals surface area contributed by atoms with Crippen molar-refractivity contribution in [3.8, 4) is 0 Å². The summed E-state index contributed by atoms with van der Waals surface area (Å²) < 4.78 is 0. The Kier molecular flexibility index (Phi) is 8.06. The summed E-state index contributed by atoms with van der Waals surface area (Å²) >= 11 is 0. The summed E-state index contributed by atoms with van der Waals surface area (Å²) in [6.07, 6.45) is 13.3. The van der Waals surface area contributed by atoms with E-state index >= 15 is 0 Å². The number of nitrogens with zero attached hydrogens (tertiary/aromatic N) is 1. The highest BCUT2D eigenvalue weighted by Gasteiger charge is 2.33. The Morgan fingerprint density at radius 1 is 1.00 bits per heavy atom. The lowest BCUT2D eigenvalue weighted by Crippen LogP contribution is -2.30. The molecule has 0 radical (unpaired) electrons. The SMILES string of the molecule is CCCCCCCCCCCCN1CC1C(=O)[O-]. The Hall–Kier alpha value is -0.570. The zero-order chi connectivity index (χ0) is 13.2. The average Bonchev–Trinajstić information content (AvgIpc) is 3.11. The maximum Gasteiger partial charge on any atom is 0.0622 e. The fourth-order valence-electron chi connectivity index (χ4n) is 2.45. The van der Waals surface area contributed by atoms with E-state index in [0.29, 0.717) is 6.54 Å². The number of hydrogen-bond acceptors (Lipinski definition) is 3. The fourth-order valence-corrected chi connectivity index (χ4v) is 2.45. The maximum atomic E-state index is 10.5. The molecule has 1 aliphatic heterocycles. The van der Waals surface area contributed by atoms with Gasteiger partial charge in [-0.3, -0.25) is 4.90 Å². The minimum Gasteiger partial charge on any atom is -0.548 e. The molecule has 1 aliphatic rings. The number of unbranched alkanes of at least 4 members (excludes halogenated alkanes) is 9. The average molecular weight is 254 g/mol. The van der Waals surface area contributed by atoms with Crippen molar-refractivity contribution in [3.05, 3.63) is 0 Å². The van der Waals surface area contributed by atoms with E-state index in [-0.39, 0.29) is 6.04 Å². The summed E-state index contributed by atoms with van der Waals surface area (Å²) in [7, 11) is 0. The molecule has 0 saturated carbocycles. The van der Waals surface area contributed by atoms with Gasteiger partial charge in [-0.05, 0) is 13.0 Å². The molecule has 106 valence electrons. The van der Waals surface area contributed by atoms with Crippen LogP contribution in [-0.4, -0.2) is 30.0 Å². The van der Waals surface area contributed by atoms with Crippen molar-refractivity contribution < 1.29 is 9.90 Å². The summed E-state index contributed by atoms with van der Waals surface area (Å²) in [5.41, 5.74) is 0. The van der Waals surface area contributed by atoms with E-state index in [1.807, 2.05) is 4.90 Å². The zero-order valence-electron chi connectivity index (χ0n) is 11.8. The molecular formula is C15H28NO2-. The van der Waals surface area contributed by atoms with Crippen LogP contribution >= 0.6 is 0 Å². The third-order valence-corrected chi connectivity index (χ3v) is 3.79. The molecule has 18 heavy (non-hydrogen) atoms. The molecular weight excluding hydrogens is 226 g/mol. The monoisotopic (exact) mass is 254 g/mol. The molecule has 0 aromatic carbocycles. The summed E-state index contributed by atoms with van der Waals surface area (Å²) in [4.78, 5) is 12.5. The first-order chi connectivity index (χ1) is 8.75. The van der Waals surface area contributed by atoms with Crippen LogP contribution in [0.15, 0.2) is 0 Å². The Bertz CT molecular complexity index is 231. The summed E-state index contributed by atoms with van der Waals surface area (Å²) in [6, 6.07) is -0.274. The van der Waals surface area contributed by atoms with Crippen molar-refractivity contribution in [2.24, 2.45) is 0 Å². The molecule has 1 heterocycles. The first-order valence-electron chi connectivity index (χ1n) is 7.70. The third-order valence-electron chi connectivity index (χ3n) is 3.79. The van der Waals surface area contributed by atoms with Gasteiger partial charge in [0, 0.05) is 6.54 Å². The molecule has 3 heteroatoms. The van der Waals surface area contributed by atoms with Crippen LogP contribution in [0.1, 0.15) is 71.1 Å². The first-order valence-corrected chi connectivity index (χ1v) is 7.70. The number of aliphatic carboxylic acids is 1. The van der Waals surface area contributed by atoms with Crippen LogP contribution in [0, 0.1) is 0 Å². The number of carboxylic acids is 1. The molecule has 2 atom stereocenters. The minimum atomic E-state index is -0.901. The van der Waals surface area contributed by atoms with E-state index < -0.39 is 5.97 Å². The highest BCUT2D eigenvalue weighted by Crippen LogP contribution is 2.18. The molecule has 3 nitrogen and oxygen atoms in total. The lowest BCUT2D eigenvalue weighted by molar-refractivity contribution is -0.305. The van der Waals surface area contributed by atoms with Crippen LogP contribution < -0.4 is 5.11 Å². The van der Waals surface area contributed by atoms with Gasteiger partial charge >= 0.3 is 0 Å². The van der Waals surface area contributed by atoms with Gasteiger partial charge in [-0.1, -0.05) is 64.7 Å². The van der Waals surface area contributed by atoms with E-state index in [1.165, 1.54) is 57.8 Å². The quantitative estimate of drug-likeness (QED) is 0.396. The number of hydrogen-bond donors (Lipinski definition) is 0. The Morgan fingerprint density at radius 3 is 1.94 bits per heavy atom. The van der Waals surface area contributed by atoms with Gasteiger partial charge in [-0.2, -0.15) is 0 Å². The van der Waals surface area contributed by atoms with Crippen LogP contribution in [0.3, 0.4) is 0 Å². The molecule has 0 amide bonds. The van der Waals surface area contributed by atoms with Crippen molar-refractivity contribution in [3.63, 3.8) is 0 Å². The van der Waals surface area contributed by atoms with Crippen LogP contribution in [0.2, 0.25) is 0 Å². The second kappa shape index (κ2) is 9.37. The van der Waals surface area contributed by atoms with Gasteiger partial charge in [0.15, 0.2) is 0 Å². The van der Waals surface area contributed by atoms with Crippen molar-refractivity contribution in [1.82, 2.24) is 4.90 Å². The van der Waals surface area contributed by atoms with Gasteiger partial charge in [0.2, 0.25) is 0 Å². The van der Waals surface area contributed by atoms with E-state index in [0.717, 1.165) is 13.0 Å². The highest BCUT2D eigenvalue weighted by molar-refractivity contribution is 5.74. The predicted octanol–water partition coefficient (Wildman–Crippen LogP) is 2.34. The number of carbonyl (C=O) groups is 1. The second-order valence-corrected chi connectivity index (χ2v) is 5.51. The van der Waals surface area contributed by atoms with Gasteiger partial charge in [0.05, 0.1) is 12.0 Å². The Morgan fingerprint density at radius 2 is 1.50 bits per heavy atom. The van der Waals surface area contributed by atoms with E-state index in [4.69, 9.17) is 0 Å². The summed E-state index contributed by atoms with van der Waals surface area (Å²) in [5, 5.41) is 10.5. The highest BCUT2D eigenvalue weighted by atomic mass is 16.4. The Labute approximate surface area is 112 Å². The molecule has 0 bridgehead atoms. The van der Waals surface area contributed by atoms with E-state index in [2.05, 4.69) is 6.92 Å². The maximum absolute atomic E-state index is 10.5. The normalized spacial score (nSPS) is 22.1. The first kappa shape index (κ1) is 15.5. The van der Waals surface area contributed by atoms with Crippen molar-refractivity contribution >= 4 is 5.97 Å². The van der Waals surface area contributed by atoms with Gasteiger partial charge in [-0.15, -0.1) is 0 Å². The van der Waals surface area contributed by atoms with Crippen LogP contribution in [-0.2, 0) is 4.79 Å². The molecule has 0 spiro atoms. The molecule has 1 rings (SSSR count). The molecule has 0 N–H and O–H groups in total. The van der Waals surface area contributed by atoms with E-state index in [9.17, 15) is 9.90 Å². The van der Waals surface area contributed by atoms with Gasteiger partial charge in [0.25, 0.3) is 0 Å². The molecule has 0 aliphatic carbocycles. The largest absolute Gasteiger partial charge is 0.548 e. The summed E-state index contributed by atoms with van der Waals surface area (Å²) in [6.45, 7) is 3.90. The molecule has 2 unspecified atom stereocenters. The molecule has 1 saturated heterocycles. The number of carboxylic acid groups (broad SMARTS) is 1. The van der Waals surface area contributed by atoms with Gasteiger partial charge in [0.1, 0.15) is 0 Å². The second-order valence-electron chi connectivity index (χ2n) is 5.51. The Balaban J connectivity index is 1.73. The van der Waals surface area contributed by atoms with E-state index in [1.54, 1.807) is 0 Å². The standard InChI is InChI=1S/C15H29NO2/c1-2-3-4-5-6-7-8-9-10-11-12-16-13-14(16)15(17)18/h14H,2-13H2,1H3,(H,17,18)/p-1. The number of rotatable bonds is 12. The van der Waals surface area contributed by atoms with Crippen LogP contribution in [0.25, 0.3) is 0 Å². The van der Waals surface area contributed by atoms with Crippen molar-refractivity contribution in [1.29, 1.82) is 0 Å². The third kappa shape index (κ3) is 7.00. The topological polar surface area (TPSA) is 43.1 Å². The predicted molar refractivity (Wildman–Crippen MR) is 72.2 cm³/mol. The summed E-state index contributed by atoms with van der Waals surface area (Å²) in [5.74, 6) is -0.901. The zero-order valence-corrected chi connectivity index (χ0v) is 11.8. The van der Waals surface area contributed by atoms with Crippen molar-refractivity contribution in [2.75, 3.05) is 13.1 Å². The fraction of sp³-hybridized carbons (Fsp3) is 0.933. The smallest absolute Gasteiger partial charge is 0.0622 e. The van der Waals surface area contributed by atoms with Gasteiger partial charge < -0.3 is 9.90 Å². The molecule has 0 aromatic heterocycles. The van der Waals surface area contributed by atoms with Crippen LogP contribution in [0.5, 0.6) is 0 Å². The van der Waals surface area contributed by atoms with Crippen LogP contribution in [0.4, 0.5) is 0 Å². The van der Waals surface area contributed by atoms with Crippen molar-refractivity contribution in [2.45, 2.75) is 77.2 Å². The number of carbonyl (C=O) groups excluding carboxylic acids is 1. The molecule has 1 fully saturated rings. The minimum absolute atomic E-state index is 0.274. The molecule has 0 aromatic rings. The lowest BCUT2D eigenvalue weighted by Gasteiger charge is -2.04.